The fraction of sp³-hybridized carbons (Fsp3) is 0.370. The number of hydrogen-bond donors (Lipinski definition) is 0. The number of carbonyl (C=O) groups is 2. The van der Waals surface area contributed by atoms with Gasteiger partial charge >= 0.3 is 0 Å². The molecule has 168 valence electrons. The molecule has 0 N–H and O–H groups in total. The number of aryl methyl sites for hydroxylation is 1. The highest BCUT2D eigenvalue weighted by molar-refractivity contribution is 6.08. The maximum absolute atomic E-state index is 12.6. The molecule has 5 rings (SSSR count). The molecule has 33 heavy (non-hydrogen) atoms. The van der Waals surface area contributed by atoms with Gasteiger partial charge < -0.3 is 14.2 Å². The number of benzene rings is 2. The summed E-state index contributed by atoms with van der Waals surface area (Å²) >= 11 is 0. The highest BCUT2D eigenvalue weighted by Crippen LogP contribution is 2.39. The maximum atomic E-state index is 12.6. The van der Waals surface area contributed by atoms with Crippen molar-refractivity contribution in [3.8, 4) is 11.8 Å². The number of para-hydroxylation sites is 2. The molecule has 1 spiro atoms. The molecule has 1 saturated heterocycles. The number of fused-ring (bicyclic) bond motifs is 2. The standard InChI is InChI=1S/C27H27N3O3/c1-19(31)23-18-30(26-20(17-28)6-4-8-21(23)26)13-5-12-29-14-10-27(11-15-29)16-24(32)22-7-2-3-9-25(22)33-27/h2-4,6-9,18H,5,10-16H2,1H3. The van der Waals surface area contributed by atoms with E-state index in [9.17, 15) is 14.9 Å². The van der Waals surface area contributed by atoms with Crippen molar-refractivity contribution in [1.29, 1.82) is 5.26 Å². The van der Waals surface area contributed by atoms with Crippen LogP contribution in [0.5, 0.6) is 5.75 Å². The zero-order valence-corrected chi connectivity index (χ0v) is 18.8. The summed E-state index contributed by atoms with van der Waals surface area (Å²) in [6.45, 7) is 5.02. The van der Waals surface area contributed by atoms with Gasteiger partial charge in [0.1, 0.15) is 17.4 Å². The van der Waals surface area contributed by atoms with Crippen LogP contribution in [0.4, 0.5) is 0 Å². The molecular formula is C27H27N3O3. The molecule has 0 aliphatic carbocycles. The number of hydrogen-bond acceptors (Lipinski definition) is 5. The SMILES string of the molecule is CC(=O)c1cn(CCCN2CCC3(CC2)CC(=O)c2ccccc2O3)c2c(C#N)cccc12. The van der Waals surface area contributed by atoms with Gasteiger partial charge in [0.15, 0.2) is 11.6 Å². The fourth-order valence-electron chi connectivity index (χ4n) is 5.28. The fourth-order valence-corrected chi connectivity index (χ4v) is 5.28. The number of ketones is 2. The van der Waals surface area contributed by atoms with Gasteiger partial charge in [0.05, 0.1) is 23.1 Å². The Morgan fingerprint density at radius 3 is 2.67 bits per heavy atom. The highest BCUT2D eigenvalue weighted by Gasteiger charge is 2.42. The average Bonchev–Trinajstić information content (AvgIpc) is 3.20. The Bertz CT molecular complexity index is 1280. The minimum atomic E-state index is -0.378. The first-order valence-corrected chi connectivity index (χ1v) is 11.6. The first-order valence-electron chi connectivity index (χ1n) is 11.6. The predicted octanol–water partition coefficient (Wildman–Crippen LogP) is 4.61. The largest absolute Gasteiger partial charge is 0.486 e. The summed E-state index contributed by atoms with van der Waals surface area (Å²) in [4.78, 5) is 27.2. The van der Waals surface area contributed by atoms with Crippen molar-refractivity contribution in [1.82, 2.24) is 9.47 Å². The summed E-state index contributed by atoms with van der Waals surface area (Å²) in [5.74, 6) is 0.911. The molecule has 0 unspecified atom stereocenters. The molecular weight excluding hydrogens is 414 g/mol. The second-order valence-corrected chi connectivity index (χ2v) is 9.18. The smallest absolute Gasteiger partial charge is 0.170 e. The van der Waals surface area contributed by atoms with E-state index in [0.29, 0.717) is 23.1 Å². The minimum absolute atomic E-state index is 0.0128. The van der Waals surface area contributed by atoms with Gasteiger partial charge in [-0.3, -0.25) is 9.59 Å². The van der Waals surface area contributed by atoms with E-state index in [0.717, 1.165) is 62.1 Å². The molecule has 0 bridgehead atoms. The topological polar surface area (TPSA) is 75.3 Å². The minimum Gasteiger partial charge on any atom is -0.486 e. The van der Waals surface area contributed by atoms with Crippen LogP contribution >= 0.6 is 0 Å². The molecule has 2 aliphatic heterocycles. The molecule has 2 aromatic carbocycles. The van der Waals surface area contributed by atoms with E-state index in [4.69, 9.17) is 4.74 Å². The van der Waals surface area contributed by atoms with Gasteiger partial charge in [0.2, 0.25) is 0 Å². The molecule has 0 amide bonds. The van der Waals surface area contributed by atoms with Crippen LogP contribution in [0, 0.1) is 11.3 Å². The summed E-state index contributed by atoms with van der Waals surface area (Å²) in [6, 6.07) is 15.4. The number of ether oxygens (including phenoxy) is 1. The Labute approximate surface area is 193 Å². The second kappa shape index (κ2) is 8.49. The van der Waals surface area contributed by atoms with Gasteiger partial charge in [0, 0.05) is 49.6 Å². The lowest BCUT2D eigenvalue weighted by molar-refractivity contribution is -0.00926. The molecule has 3 heterocycles. The van der Waals surface area contributed by atoms with Crippen molar-refractivity contribution in [3.63, 3.8) is 0 Å². The quantitative estimate of drug-likeness (QED) is 0.541. The summed E-state index contributed by atoms with van der Waals surface area (Å²) < 4.78 is 8.39. The number of likely N-dealkylation sites (tertiary alicyclic amines) is 1. The third-order valence-electron chi connectivity index (χ3n) is 7.04. The number of piperidine rings is 1. The zero-order valence-electron chi connectivity index (χ0n) is 18.8. The monoisotopic (exact) mass is 441 g/mol. The number of nitriles is 1. The van der Waals surface area contributed by atoms with Gasteiger partial charge in [0.25, 0.3) is 0 Å². The van der Waals surface area contributed by atoms with Crippen LogP contribution in [-0.2, 0) is 6.54 Å². The first kappa shape index (κ1) is 21.4. The summed E-state index contributed by atoms with van der Waals surface area (Å²) in [7, 11) is 0. The van der Waals surface area contributed by atoms with Crippen molar-refractivity contribution in [2.45, 2.75) is 44.8 Å². The van der Waals surface area contributed by atoms with Gasteiger partial charge in [-0.05, 0) is 38.1 Å². The van der Waals surface area contributed by atoms with Crippen molar-refractivity contribution < 1.29 is 14.3 Å². The van der Waals surface area contributed by atoms with Crippen molar-refractivity contribution in [2.24, 2.45) is 0 Å². The summed E-state index contributed by atoms with van der Waals surface area (Å²) in [5, 5.41) is 10.4. The molecule has 0 saturated carbocycles. The van der Waals surface area contributed by atoms with Crippen molar-refractivity contribution >= 4 is 22.5 Å². The van der Waals surface area contributed by atoms with E-state index >= 15 is 0 Å². The van der Waals surface area contributed by atoms with Crippen molar-refractivity contribution in [3.05, 3.63) is 65.4 Å². The third-order valence-corrected chi connectivity index (χ3v) is 7.04. The molecule has 0 atom stereocenters. The van der Waals surface area contributed by atoms with Gasteiger partial charge in [-0.15, -0.1) is 0 Å². The number of Topliss-reactive ketones (excluding diaryl/α,β-unsaturated/α-hetero) is 2. The lowest BCUT2D eigenvalue weighted by atomic mass is 9.82. The number of nitrogens with zero attached hydrogens (tertiary/aromatic N) is 3. The van der Waals surface area contributed by atoms with Crippen LogP contribution in [0.1, 0.15) is 58.9 Å². The molecule has 1 fully saturated rings. The highest BCUT2D eigenvalue weighted by atomic mass is 16.5. The lowest BCUT2D eigenvalue weighted by Crippen LogP contribution is -2.51. The van der Waals surface area contributed by atoms with Crippen molar-refractivity contribution in [2.75, 3.05) is 19.6 Å². The predicted molar refractivity (Wildman–Crippen MR) is 126 cm³/mol. The first-order chi connectivity index (χ1) is 16.0. The Balaban J connectivity index is 1.23. The van der Waals surface area contributed by atoms with Gasteiger partial charge in [-0.1, -0.05) is 24.3 Å². The van der Waals surface area contributed by atoms with Gasteiger partial charge in [-0.25, -0.2) is 0 Å². The molecule has 6 nitrogen and oxygen atoms in total. The Kier molecular flexibility index (Phi) is 5.51. The Hall–Kier alpha value is -3.43. The number of carbonyl (C=O) groups excluding carboxylic acids is 2. The molecule has 2 aliphatic rings. The molecule has 3 aromatic rings. The van der Waals surface area contributed by atoms with E-state index in [1.165, 1.54) is 0 Å². The average molecular weight is 442 g/mol. The van der Waals surface area contributed by atoms with E-state index in [2.05, 4.69) is 15.5 Å². The van der Waals surface area contributed by atoms with Crippen LogP contribution in [0.3, 0.4) is 0 Å². The summed E-state index contributed by atoms with van der Waals surface area (Å²) in [6.07, 6.45) is 4.94. The number of rotatable bonds is 5. The van der Waals surface area contributed by atoms with E-state index in [1.807, 2.05) is 42.6 Å². The molecule has 0 radical (unpaired) electrons. The zero-order chi connectivity index (χ0) is 23.0. The molecule has 6 heteroatoms. The molecule has 1 aromatic heterocycles. The summed E-state index contributed by atoms with van der Waals surface area (Å²) in [5.41, 5.74) is 2.43. The lowest BCUT2D eigenvalue weighted by Gasteiger charge is -2.44. The third kappa shape index (κ3) is 3.94. The van der Waals surface area contributed by atoms with Crippen LogP contribution in [0.25, 0.3) is 10.9 Å². The van der Waals surface area contributed by atoms with Crippen LogP contribution in [0.15, 0.2) is 48.7 Å². The van der Waals surface area contributed by atoms with Crippen LogP contribution in [-0.4, -0.2) is 46.3 Å². The number of aromatic nitrogens is 1. The van der Waals surface area contributed by atoms with Crippen LogP contribution < -0.4 is 4.74 Å². The second-order valence-electron chi connectivity index (χ2n) is 9.18. The van der Waals surface area contributed by atoms with E-state index in [1.54, 1.807) is 13.0 Å². The van der Waals surface area contributed by atoms with E-state index in [-0.39, 0.29) is 17.2 Å². The van der Waals surface area contributed by atoms with Gasteiger partial charge in [-0.2, -0.15) is 5.26 Å². The Morgan fingerprint density at radius 2 is 1.91 bits per heavy atom. The van der Waals surface area contributed by atoms with Crippen LogP contribution in [0.2, 0.25) is 0 Å². The van der Waals surface area contributed by atoms with E-state index < -0.39 is 0 Å². The Morgan fingerprint density at radius 1 is 1.12 bits per heavy atom. The normalized spacial score (nSPS) is 17.5. The maximum Gasteiger partial charge on any atom is 0.170 e.